The Morgan fingerprint density at radius 2 is 1.65 bits per heavy atom. The number of aromatic nitrogens is 2. The molecule has 0 aliphatic heterocycles. The molecule has 6 heteroatoms. The highest BCUT2D eigenvalue weighted by Gasteiger charge is 2.16. The molecule has 4 rings (SSSR count). The van der Waals surface area contributed by atoms with Crippen molar-refractivity contribution in [2.24, 2.45) is 0 Å². The molecular weight excluding hydrogens is 406 g/mol. The topological polar surface area (TPSA) is 64.0 Å². The number of benzene rings is 2. The van der Waals surface area contributed by atoms with Crippen LogP contribution in [0.1, 0.15) is 33.9 Å². The van der Waals surface area contributed by atoms with Gasteiger partial charge in [0.25, 0.3) is 5.56 Å². The average molecular weight is 432 g/mol. The first-order valence-corrected chi connectivity index (χ1v) is 11.2. The number of rotatable bonds is 7. The number of hydrogen-bond donors (Lipinski definition) is 1. The van der Waals surface area contributed by atoms with E-state index in [0.717, 1.165) is 26.4 Å². The predicted molar refractivity (Wildman–Crippen MR) is 126 cm³/mol. The third-order valence-electron chi connectivity index (χ3n) is 5.64. The molecule has 1 N–H and O–H groups in total. The first-order chi connectivity index (χ1) is 15.0. The molecule has 0 atom stereocenters. The van der Waals surface area contributed by atoms with Gasteiger partial charge in [0.2, 0.25) is 5.91 Å². The molecule has 0 unspecified atom stereocenters. The van der Waals surface area contributed by atoms with Crippen molar-refractivity contribution in [3.63, 3.8) is 0 Å². The van der Waals surface area contributed by atoms with E-state index in [1.54, 1.807) is 6.33 Å². The quantitative estimate of drug-likeness (QED) is 0.471. The second-order valence-electron chi connectivity index (χ2n) is 7.63. The summed E-state index contributed by atoms with van der Waals surface area (Å²) in [5, 5.41) is 3.71. The van der Waals surface area contributed by atoms with Crippen LogP contribution in [0.5, 0.6) is 0 Å². The highest BCUT2D eigenvalue weighted by Crippen LogP contribution is 2.25. The number of nitrogens with one attached hydrogen (secondary N) is 1. The van der Waals surface area contributed by atoms with Crippen molar-refractivity contribution in [1.29, 1.82) is 0 Å². The fourth-order valence-electron chi connectivity index (χ4n) is 3.75. The Hall–Kier alpha value is -3.25. The van der Waals surface area contributed by atoms with Gasteiger partial charge in [-0.05, 0) is 30.5 Å². The van der Waals surface area contributed by atoms with Crippen molar-refractivity contribution in [2.45, 2.75) is 32.7 Å². The number of carbonyl (C=O) groups is 1. The van der Waals surface area contributed by atoms with Gasteiger partial charge in [0, 0.05) is 30.3 Å². The summed E-state index contributed by atoms with van der Waals surface area (Å²) in [4.78, 5) is 31.7. The lowest BCUT2D eigenvalue weighted by Crippen LogP contribution is -2.31. The molecule has 4 aromatic rings. The molecule has 2 aromatic heterocycles. The van der Waals surface area contributed by atoms with E-state index in [1.807, 2.05) is 50.2 Å². The van der Waals surface area contributed by atoms with Crippen LogP contribution in [0, 0.1) is 13.8 Å². The van der Waals surface area contributed by atoms with E-state index >= 15 is 0 Å². The monoisotopic (exact) mass is 431 g/mol. The maximum Gasteiger partial charge on any atom is 0.262 e. The van der Waals surface area contributed by atoms with Crippen LogP contribution in [0.3, 0.4) is 0 Å². The summed E-state index contributed by atoms with van der Waals surface area (Å²) in [6.45, 7) is 4.75. The standard InChI is InChI=1S/C25H25N3O2S/c1-17-18(2)31-24-23(17)25(30)28(16-27-24)14-13-22(29)26-15-21(19-9-5-3-6-10-19)20-11-7-4-8-12-20/h3-12,16,21H,13-15H2,1-2H3,(H,26,29). The lowest BCUT2D eigenvalue weighted by atomic mass is 9.91. The number of nitrogens with zero attached hydrogens (tertiary/aromatic N) is 2. The molecule has 0 saturated carbocycles. The van der Waals surface area contributed by atoms with E-state index in [-0.39, 0.29) is 23.8 Å². The van der Waals surface area contributed by atoms with Gasteiger partial charge in [-0.3, -0.25) is 14.2 Å². The van der Waals surface area contributed by atoms with Gasteiger partial charge in [-0.15, -0.1) is 11.3 Å². The lowest BCUT2D eigenvalue weighted by molar-refractivity contribution is -0.121. The summed E-state index contributed by atoms with van der Waals surface area (Å²) >= 11 is 1.53. The fourth-order valence-corrected chi connectivity index (χ4v) is 4.74. The smallest absolute Gasteiger partial charge is 0.262 e. The third-order valence-corrected chi connectivity index (χ3v) is 6.76. The SMILES string of the molecule is Cc1sc2ncn(CCC(=O)NCC(c3ccccc3)c3ccccc3)c(=O)c2c1C. The number of fused-ring (bicyclic) bond motifs is 1. The van der Waals surface area contributed by atoms with Gasteiger partial charge < -0.3 is 5.32 Å². The highest BCUT2D eigenvalue weighted by atomic mass is 32.1. The molecule has 5 nitrogen and oxygen atoms in total. The molecule has 1 amide bonds. The average Bonchev–Trinajstić information content (AvgIpc) is 3.09. The molecule has 0 aliphatic rings. The molecule has 0 saturated heterocycles. The summed E-state index contributed by atoms with van der Waals surface area (Å²) < 4.78 is 1.53. The molecule has 2 heterocycles. The first-order valence-electron chi connectivity index (χ1n) is 10.4. The van der Waals surface area contributed by atoms with Gasteiger partial charge in [0.15, 0.2) is 0 Å². The summed E-state index contributed by atoms with van der Waals surface area (Å²) in [7, 11) is 0. The van der Waals surface area contributed by atoms with Gasteiger partial charge in [0.05, 0.1) is 11.7 Å². The molecule has 0 aliphatic carbocycles. The number of thiophene rings is 1. The summed E-state index contributed by atoms with van der Waals surface area (Å²) in [6.07, 6.45) is 1.77. The molecular formula is C25H25N3O2S. The van der Waals surface area contributed by atoms with Crippen molar-refractivity contribution >= 4 is 27.5 Å². The van der Waals surface area contributed by atoms with Crippen molar-refractivity contribution in [2.75, 3.05) is 6.54 Å². The van der Waals surface area contributed by atoms with E-state index < -0.39 is 0 Å². The van der Waals surface area contributed by atoms with Crippen LogP contribution in [0.25, 0.3) is 10.2 Å². The molecule has 2 aromatic carbocycles. The zero-order valence-electron chi connectivity index (χ0n) is 17.7. The van der Waals surface area contributed by atoms with Crippen LogP contribution in [-0.4, -0.2) is 22.0 Å². The Labute approximate surface area is 185 Å². The molecule has 0 spiro atoms. The van der Waals surface area contributed by atoms with Gasteiger partial charge in [-0.2, -0.15) is 0 Å². The Morgan fingerprint density at radius 1 is 1.03 bits per heavy atom. The minimum Gasteiger partial charge on any atom is -0.355 e. The first kappa shape index (κ1) is 21.0. The third kappa shape index (κ3) is 4.59. The minimum atomic E-state index is -0.0814. The molecule has 0 radical (unpaired) electrons. The van der Waals surface area contributed by atoms with Crippen molar-refractivity contribution in [1.82, 2.24) is 14.9 Å². The molecule has 31 heavy (non-hydrogen) atoms. The largest absolute Gasteiger partial charge is 0.355 e. The maximum absolute atomic E-state index is 12.8. The molecule has 158 valence electrons. The van der Waals surface area contributed by atoms with Crippen molar-refractivity contribution in [3.8, 4) is 0 Å². The normalized spacial score (nSPS) is 11.2. The maximum atomic E-state index is 12.8. The van der Waals surface area contributed by atoms with Crippen molar-refractivity contribution < 1.29 is 4.79 Å². The van der Waals surface area contributed by atoms with Crippen LogP contribution in [0.4, 0.5) is 0 Å². The van der Waals surface area contributed by atoms with Gasteiger partial charge in [0.1, 0.15) is 4.83 Å². The summed E-state index contributed by atoms with van der Waals surface area (Å²) in [5.74, 6) is -0.00870. The number of amides is 1. The lowest BCUT2D eigenvalue weighted by Gasteiger charge is -2.19. The van der Waals surface area contributed by atoms with Crippen molar-refractivity contribution in [3.05, 3.63) is 98.9 Å². The van der Waals surface area contributed by atoms with E-state index in [2.05, 4.69) is 34.6 Å². The fraction of sp³-hybridized carbons (Fsp3) is 0.240. The van der Waals surface area contributed by atoms with E-state index in [9.17, 15) is 9.59 Å². The van der Waals surface area contributed by atoms with E-state index in [0.29, 0.717) is 18.5 Å². The Kier molecular flexibility index (Phi) is 6.28. The zero-order chi connectivity index (χ0) is 21.8. The van der Waals surface area contributed by atoms with Crippen LogP contribution in [0.2, 0.25) is 0 Å². The Balaban J connectivity index is 1.44. The molecule has 0 fully saturated rings. The number of aryl methyl sites for hydroxylation is 3. The number of hydrogen-bond acceptors (Lipinski definition) is 4. The van der Waals surface area contributed by atoms with Gasteiger partial charge >= 0.3 is 0 Å². The van der Waals surface area contributed by atoms with Crippen LogP contribution in [0.15, 0.2) is 71.8 Å². The van der Waals surface area contributed by atoms with E-state index in [1.165, 1.54) is 15.9 Å². The number of carbonyl (C=O) groups excluding carboxylic acids is 1. The van der Waals surface area contributed by atoms with Crippen LogP contribution < -0.4 is 10.9 Å². The van der Waals surface area contributed by atoms with Crippen LogP contribution >= 0.6 is 11.3 Å². The minimum absolute atomic E-state index is 0.0727. The van der Waals surface area contributed by atoms with E-state index in [4.69, 9.17) is 0 Å². The molecule has 0 bridgehead atoms. The Morgan fingerprint density at radius 3 is 2.26 bits per heavy atom. The second kappa shape index (κ2) is 9.27. The van der Waals surface area contributed by atoms with Crippen LogP contribution in [-0.2, 0) is 11.3 Å². The summed E-state index contributed by atoms with van der Waals surface area (Å²) in [5.41, 5.74) is 3.21. The summed E-state index contributed by atoms with van der Waals surface area (Å²) in [6, 6.07) is 20.3. The highest BCUT2D eigenvalue weighted by molar-refractivity contribution is 7.18. The van der Waals surface area contributed by atoms with Gasteiger partial charge in [-0.1, -0.05) is 60.7 Å². The zero-order valence-corrected chi connectivity index (χ0v) is 18.5. The van der Waals surface area contributed by atoms with Gasteiger partial charge in [-0.25, -0.2) is 4.98 Å². The predicted octanol–water partition coefficient (Wildman–Crippen LogP) is 4.41. The Bertz CT molecular complexity index is 1210. The second-order valence-corrected chi connectivity index (χ2v) is 8.84.